The smallest absolute Gasteiger partial charge is 0.121 e. The van der Waals surface area contributed by atoms with Gasteiger partial charge in [-0.05, 0) is 215 Å². The number of aryl methyl sites for hydroxylation is 2. The maximum Gasteiger partial charge on any atom is 0.121 e. The lowest BCUT2D eigenvalue weighted by molar-refractivity contribution is 0.450. The van der Waals surface area contributed by atoms with E-state index in [1.807, 2.05) is 6.92 Å². The molecule has 0 heterocycles. The number of phenols is 2. The fourth-order valence-electron chi connectivity index (χ4n) is 6.73. The van der Waals surface area contributed by atoms with Crippen molar-refractivity contribution < 1.29 is 10.2 Å². The summed E-state index contributed by atoms with van der Waals surface area (Å²) < 4.78 is 0. The Morgan fingerprint density at radius 2 is 0.636 bits per heavy atom. The molecule has 0 aromatic heterocycles. The predicted molar refractivity (Wildman–Crippen MR) is 246 cm³/mol. The molecule has 0 spiro atoms. The third-order valence-corrected chi connectivity index (χ3v) is 10.6. The minimum absolute atomic E-state index is 0.221. The van der Waals surface area contributed by atoms with Gasteiger partial charge in [0.05, 0.1) is 0 Å². The highest BCUT2D eigenvalue weighted by atomic mass is 16.3. The van der Waals surface area contributed by atoms with E-state index in [1.165, 1.54) is 82.3 Å². The van der Waals surface area contributed by atoms with E-state index in [2.05, 4.69) is 124 Å². The van der Waals surface area contributed by atoms with Crippen LogP contribution in [0.2, 0.25) is 0 Å². The molecule has 306 valence electrons. The molecule has 0 unspecified atom stereocenters. The van der Waals surface area contributed by atoms with Crippen LogP contribution in [0.25, 0.3) is 0 Å². The Morgan fingerprint density at radius 3 is 0.909 bits per heavy atom. The average Bonchev–Trinajstić information content (AvgIpc) is 3.10. The summed E-state index contributed by atoms with van der Waals surface area (Å²) in [4.78, 5) is 0. The van der Waals surface area contributed by atoms with Gasteiger partial charge >= 0.3 is 0 Å². The molecule has 0 atom stereocenters. The van der Waals surface area contributed by atoms with Gasteiger partial charge in [0.1, 0.15) is 11.5 Å². The second kappa shape index (κ2) is 29.7. The summed E-state index contributed by atoms with van der Waals surface area (Å²) in [5, 5.41) is 20.1. The third-order valence-electron chi connectivity index (χ3n) is 10.6. The molecule has 0 saturated carbocycles. The Labute approximate surface area is 340 Å². The van der Waals surface area contributed by atoms with E-state index in [1.54, 1.807) is 12.1 Å². The minimum Gasteiger partial charge on any atom is -0.508 e. The Balaban J connectivity index is 2.25. The van der Waals surface area contributed by atoms with E-state index in [4.69, 9.17) is 0 Å². The first kappa shape index (κ1) is 49.5. The molecule has 0 bridgehead atoms. The van der Waals surface area contributed by atoms with Gasteiger partial charge in [-0.15, -0.1) is 0 Å². The van der Waals surface area contributed by atoms with E-state index in [0.29, 0.717) is 5.75 Å². The fourth-order valence-corrected chi connectivity index (χ4v) is 6.73. The molecule has 0 aliphatic rings. The lowest BCUT2D eigenvalue weighted by Crippen LogP contribution is -1.88. The van der Waals surface area contributed by atoms with Crippen LogP contribution in [0.3, 0.4) is 0 Å². The first-order valence-corrected chi connectivity index (χ1v) is 21.6. The summed E-state index contributed by atoms with van der Waals surface area (Å²) in [6.07, 6.45) is 41.5. The normalized spacial score (nSPS) is 14.2. The highest BCUT2D eigenvalue weighted by Gasteiger charge is 2.06. The summed E-state index contributed by atoms with van der Waals surface area (Å²) in [5.74, 6) is 0.524. The van der Waals surface area contributed by atoms with E-state index < -0.39 is 0 Å². The van der Waals surface area contributed by atoms with Crippen LogP contribution in [-0.2, 0) is 6.42 Å². The number of rotatable bonds is 27. The quantitative estimate of drug-likeness (QED) is 0.0694. The van der Waals surface area contributed by atoms with Gasteiger partial charge in [-0.25, -0.2) is 0 Å². The van der Waals surface area contributed by atoms with E-state index >= 15 is 0 Å². The number of benzene rings is 1. The third kappa shape index (κ3) is 26.8. The largest absolute Gasteiger partial charge is 0.508 e. The Hall–Kier alpha value is -3.52. The summed E-state index contributed by atoms with van der Waals surface area (Å²) in [7, 11) is 0. The van der Waals surface area contributed by atoms with E-state index in [0.717, 1.165) is 94.6 Å². The minimum atomic E-state index is 0.221. The molecule has 0 radical (unpaired) electrons. The van der Waals surface area contributed by atoms with Crippen LogP contribution in [0, 0.1) is 6.92 Å². The molecule has 0 amide bonds. The van der Waals surface area contributed by atoms with Crippen molar-refractivity contribution in [2.24, 2.45) is 0 Å². The fraction of sp³-hybridized carbons (Fsp3) is 0.547. The number of phenolic OH excluding ortho intramolecular Hbond substituents is 2. The molecule has 0 aliphatic carbocycles. The number of aromatic hydroxyl groups is 2. The monoisotopic (exact) mass is 751 g/mol. The van der Waals surface area contributed by atoms with Gasteiger partial charge in [0.25, 0.3) is 0 Å². The number of allylic oxidation sites excluding steroid dienone is 18. The topological polar surface area (TPSA) is 40.5 Å². The Kier molecular flexibility index (Phi) is 26.8. The second-order valence-corrected chi connectivity index (χ2v) is 16.8. The van der Waals surface area contributed by atoms with Crippen molar-refractivity contribution in [1.29, 1.82) is 0 Å². The molecular weight excluding hydrogens is 669 g/mol. The van der Waals surface area contributed by atoms with Crippen LogP contribution in [0.5, 0.6) is 11.5 Å². The van der Waals surface area contributed by atoms with Crippen molar-refractivity contribution in [3.8, 4) is 11.5 Å². The zero-order valence-electron chi connectivity index (χ0n) is 37.5. The standard InChI is InChI=1S/C53H82O2/c1-41(2)21-12-22-42(3)23-13-24-43(4)25-14-26-44(5)27-15-28-45(6)29-16-30-46(7)31-17-32-47(8)33-18-34-48(9)35-19-36-49(10)37-20-38-51-40-52(54)39-50(11)53(51)55/h21,23,25,27,29,31,33,35,37,39-40,54-55H,12-20,22,24,26,28,30,32,34,36,38H2,1-11H3. The second-order valence-electron chi connectivity index (χ2n) is 16.8. The lowest BCUT2D eigenvalue weighted by atomic mass is 10.0. The molecule has 0 fully saturated rings. The summed E-state index contributed by atoms with van der Waals surface area (Å²) >= 11 is 0. The maximum absolute atomic E-state index is 10.2. The molecule has 55 heavy (non-hydrogen) atoms. The molecule has 2 N–H and O–H groups in total. The van der Waals surface area contributed by atoms with Gasteiger partial charge < -0.3 is 10.2 Å². The van der Waals surface area contributed by atoms with Crippen molar-refractivity contribution in [2.45, 2.75) is 192 Å². The Morgan fingerprint density at radius 1 is 0.382 bits per heavy atom. The van der Waals surface area contributed by atoms with Crippen molar-refractivity contribution in [3.63, 3.8) is 0 Å². The zero-order valence-corrected chi connectivity index (χ0v) is 37.5. The Bertz CT molecular complexity index is 1550. The van der Waals surface area contributed by atoms with Crippen molar-refractivity contribution in [1.82, 2.24) is 0 Å². The van der Waals surface area contributed by atoms with E-state index in [9.17, 15) is 10.2 Å². The van der Waals surface area contributed by atoms with Gasteiger partial charge in [-0.3, -0.25) is 0 Å². The molecule has 1 aromatic carbocycles. The van der Waals surface area contributed by atoms with Gasteiger partial charge in [0.2, 0.25) is 0 Å². The molecule has 1 aromatic rings. The van der Waals surface area contributed by atoms with E-state index in [-0.39, 0.29) is 5.75 Å². The average molecular weight is 751 g/mol. The van der Waals surface area contributed by atoms with Crippen LogP contribution in [-0.4, -0.2) is 10.2 Å². The molecule has 1 rings (SSSR count). The SMILES string of the molecule is CC(C)=CCCC(C)=CCCC(C)=CCCC(C)=CCCC(C)=CCCC(C)=CCCC(C)=CCCC(C)=CCCC(C)=CCCc1cc(O)cc(C)c1O. The van der Waals surface area contributed by atoms with Crippen LogP contribution in [0.4, 0.5) is 0 Å². The number of hydrogen-bond donors (Lipinski definition) is 2. The van der Waals surface area contributed by atoms with Gasteiger partial charge in [0, 0.05) is 0 Å². The van der Waals surface area contributed by atoms with Gasteiger partial charge in [-0.1, -0.05) is 105 Å². The van der Waals surface area contributed by atoms with Crippen molar-refractivity contribution in [2.75, 3.05) is 0 Å². The van der Waals surface area contributed by atoms with Crippen LogP contribution in [0.15, 0.2) is 117 Å². The molecular formula is C53H82O2. The highest BCUT2D eigenvalue weighted by molar-refractivity contribution is 5.45. The molecule has 0 aliphatic heterocycles. The molecule has 2 nitrogen and oxygen atoms in total. The lowest BCUT2D eigenvalue weighted by Gasteiger charge is -2.07. The van der Waals surface area contributed by atoms with Gasteiger partial charge in [-0.2, -0.15) is 0 Å². The highest BCUT2D eigenvalue weighted by Crippen LogP contribution is 2.28. The van der Waals surface area contributed by atoms with Crippen LogP contribution >= 0.6 is 0 Å². The zero-order chi connectivity index (χ0) is 41.0. The summed E-state index contributed by atoms with van der Waals surface area (Å²) in [6, 6.07) is 3.27. The summed E-state index contributed by atoms with van der Waals surface area (Å²) in [5.41, 5.74) is 14.9. The van der Waals surface area contributed by atoms with Crippen molar-refractivity contribution >= 4 is 0 Å². The van der Waals surface area contributed by atoms with Crippen LogP contribution < -0.4 is 0 Å². The van der Waals surface area contributed by atoms with Crippen LogP contribution in [0.1, 0.15) is 190 Å². The molecule has 0 saturated heterocycles. The predicted octanol–water partition coefficient (Wildman–Crippen LogP) is 17.1. The molecule has 2 heteroatoms. The van der Waals surface area contributed by atoms with Crippen molar-refractivity contribution in [3.05, 3.63) is 128 Å². The van der Waals surface area contributed by atoms with Gasteiger partial charge in [0.15, 0.2) is 0 Å². The maximum atomic E-state index is 10.2. The number of hydrogen-bond acceptors (Lipinski definition) is 2. The first-order chi connectivity index (χ1) is 26.2. The first-order valence-electron chi connectivity index (χ1n) is 21.6. The summed E-state index contributed by atoms with van der Waals surface area (Å²) in [6.45, 7) is 24.4.